The zero-order valence-corrected chi connectivity index (χ0v) is 33.8. The average Bonchev–Trinajstić information content (AvgIpc) is 3.09. The molecule has 286 valence electrons. The van der Waals surface area contributed by atoms with E-state index in [0.717, 1.165) is 69.9 Å². The second kappa shape index (κ2) is 39.3. The Kier molecular flexibility index (Phi) is 38.9. The van der Waals surface area contributed by atoms with Gasteiger partial charge in [0.15, 0.2) is 0 Å². The van der Waals surface area contributed by atoms with Gasteiger partial charge in [0.25, 0.3) is 0 Å². The first-order chi connectivity index (χ1) is 23.5. The molecule has 9 heteroatoms. The smallest absolute Gasteiger partial charge is 0.307 e. The van der Waals surface area contributed by atoms with E-state index in [4.69, 9.17) is 9.47 Å². The van der Waals surface area contributed by atoms with Gasteiger partial charge in [-0.3, -0.25) is 9.59 Å². The maximum atomic E-state index is 12.5. The van der Waals surface area contributed by atoms with Crippen LogP contribution in [0.5, 0.6) is 0 Å². The van der Waals surface area contributed by atoms with Crippen LogP contribution in [-0.2, 0) is 19.1 Å². The first kappa shape index (κ1) is 47.5. The number of hydrogen-bond donors (Lipinski definition) is 1. The molecule has 0 radical (unpaired) electrons. The number of unbranched alkanes of at least 4 members (excludes halogenated alkanes) is 18. The predicted molar refractivity (Wildman–Crippen MR) is 212 cm³/mol. The third kappa shape index (κ3) is 36.8. The number of ether oxygens (including phenoxy) is 2. The van der Waals surface area contributed by atoms with Crippen molar-refractivity contribution in [3.63, 3.8) is 0 Å². The summed E-state index contributed by atoms with van der Waals surface area (Å²) in [5.41, 5.74) is 0. The molecule has 0 fully saturated rings. The number of nitrogens with zero attached hydrogens (tertiary/aromatic N) is 2. The van der Waals surface area contributed by atoms with Crippen LogP contribution in [0.25, 0.3) is 0 Å². The number of hydrogen-bond acceptors (Lipinski definition) is 9. The zero-order valence-electron chi connectivity index (χ0n) is 32.2. The van der Waals surface area contributed by atoms with E-state index in [2.05, 4.69) is 42.9 Å². The van der Waals surface area contributed by atoms with Crippen LogP contribution < -0.4 is 5.32 Å². The molecule has 0 bridgehead atoms. The topological polar surface area (TPSA) is 71.1 Å². The molecule has 0 rings (SSSR count). The van der Waals surface area contributed by atoms with Crippen LogP contribution >= 0.6 is 21.6 Å². The Hall–Kier alpha value is -0.480. The van der Waals surface area contributed by atoms with Crippen LogP contribution in [-0.4, -0.2) is 99.3 Å². The Balaban J connectivity index is 4.15. The van der Waals surface area contributed by atoms with Gasteiger partial charge >= 0.3 is 11.9 Å². The lowest BCUT2D eigenvalue weighted by atomic mass is 10.1. The highest BCUT2D eigenvalue weighted by Gasteiger charge is 2.12. The van der Waals surface area contributed by atoms with E-state index in [1.165, 1.54) is 103 Å². The highest BCUT2D eigenvalue weighted by atomic mass is 33.1. The largest absolute Gasteiger partial charge is 0.466 e. The average molecular weight is 718 g/mol. The van der Waals surface area contributed by atoms with E-state index >= 15 is 0 Å². The molecule has 0 unspecified atom stereocenters. The minimum absolute atomic E-state index is 0.0802. The molecule has 1 N–H and O–H groups in total. The number of esters is 2. The third-order valence-electron chi connectivity index (χ3n) is 8.84. The molecule has 0 aromatic rings. The van der Waals surface area contributed by atoms with E-state index in [9.17, 15) is 9.59 Å². The monoisotopic (exact) mass is 718 g/mol. The number of rotatable bonds is 39. The summed E-state index contributed by atoms with van der Waals surface area (Å²) in [6.07, 6.45) is 26.5. The van der Waals surface area contributed by atoms with Crippen LogP contribution in [0.1, 0.15) is 162 Å². The van der Waals surface area contributed by atoms with Crippen LogP contribution in [0.4, 0.5) is 0 Å². The molecule has 0 aliphatic carbocycles. The standard InChI is InChI=1S/C39H79N3O4S2/c1-5-8-10-12-14-16-17-18-19-21-23-25-35-46-39(44)27-30-42(33-37-48-47-36-28-40-7-3)32-31-41(4)29-26-38(43)45-34-24-22-20-15-13-11-9-6-2/h40H,5-37H2,1-4H3. The maximum absolute atomic E-state index is 12.5. The minimum atomic E-state index is -0.0939. The Morgan fingerprint density at radius 2 is 0.958 bits per heavy atom. The molecule has 0 aliphatic heterocycles. The van der Waals surface area contributed by atoms with Crippen LogP contribution in [0.3, 0.4) is 0 Å². The van der Waals surface area contributed by atoms with Crippen molar-refractivity contribution in [2.45, 2.75) is 162 Å². The molecule has 0 heterocycles. The zero-order chi connectivity index (χ0) is 35.2. The van der Waals surface area contributed by atoms with E-state index < -0.39 is 0 Å². The Bertz CT molecular complexity index is 690. The quantitative estimate of drug-likeness (QED) is 0.0380. The Labute approximate surface area is 306 Å². The van der Waals surface area contributed by atoms with Gasteiger partial charge < -0.3 is 24.6 Å². The molecule has 7 nitrogen and oxygen atoms in total. The molecule has 0 aromatic heterocycles. The van der Waals surface area contributed by atoms with Crippen LogP contribution in [0.15, 0.2) is 0 Å². The van der Waals surface area contributed by atoms with Crippen molar-refractivity contribution in [1.29, 1.82) is 0 Å². The van der Waals surface area contributed by atoms with Gasteiger partial charge in [-0.25, -0.2) is 0 Å². The summed E-state index contributed by atoms with van der Waals surface area (Å²) in [6.45, 7) is 13.9. The van der Waals surface area contributed by atoms with E-state index in [1.54, 1.807) is 0 Å². The van der Waals surface area contributed by atoms with Crippen molar-refractivity contribution in [2.75, 3.05) is 77.6 Å². The summed E-state index contributed by atoms with van der Waals surface area (Å²) in [4.78, 5) is 29.3. The lowest BCUT2D eigenvalue weighted by Crippen LogP contribution is -2.37. The lowest BCUT2D eigenvalue weighted by molar-refractivity contribution is -0.145. The minimum Gasteiger partial charge on any atom is -0.466 e. The van der Waals surface area contributed by atoms with E-state index in [1.807, 2.05) is 21.6 Å². The van der Waals surface area contributed by atoms with Crippen molar-refractivity contribution in [3.05, 3.63) is 0 Å². The van der Waals surface area contributed by atoms with Gasteiger partial charge in [-0.2, -0.15) is 0 Å². The lowest BCUT2D eigenvalue weighted by Gasteiger charge is -2.25. The van der Waals surface area contributed by atoms with Crippen molar-refractivity contribution < 1.29 is 19.1 Å². The van der Waals surface area contributed by atoms with Gasteiger partial charge in [0.1, 0.15) is 0 Å². The molecule has 48 heavy (non-hydrogen) atoms. The Morgan fingerprint density at radius 1 is 0.521 bits per heavy atom. The van der Waals surface area contributed by atoms with Gasteiger partial charge in [0.05, 0.1) is 26.1 Å². The molecule has 0 atom stereocenters. The van der Waals surface area contributed by atoms with Crippen molar-refractivity contribution in [3.8, 4) is 0 Å². The van der Waals surface area contributed by atoms with Crippen molar-refractivity contribution in [1.82, 2.24) is 15.1 Å². The van der Waals surface area contributed by atoms with Crippen LogP contribution in [0, 0.1) is 0 Å². The first-order valence-electron chi connectivity index (χ1n) is 20.2. The van der Waals surface area contributed by atoms with Crippen molar-refractivity contribution >= 4 is 33.5 Å². The summed E-state index contributed by atoms with van der Waals surface area (Å²) in [7, 11) is 5.88. The third-order valence-corrected chi connectivity index (χ3v) is 11.2. The van der Waals surface area contributed by atoms with Gasteiger partial charge in [0.2, 0.25) is 0 Å². The second-order valence-electron chi connectivity index (χ2n) is 13.4. The summed E-state index contributed by atoms with van der Waals surface area (Å²) >= 11 is 0. The Morgan fingerprint density at radius 3 is 1.44 bits per heavy atom. The van der Waals surface area contributed by atoms with Gasteiger partial charge in [0, 0.05) is 50.8 Å². The molecule has 0 aromatic carbocycles. The molecule has 0 aliphatic rings. The number of nitrogens with one attached hydrogen (secondary N) is 1. The van der Waals surface area contributed by atoms with E-state index in [0.29, 0.717) is 39.1 Å². The fourth-order valence-electron chi connectivity index (χ4n) is 5.56. The van der Waals surface area contributed by atoms with Crippen molar-refractivity contribution in [2.24, 2.45) is 0 Å². The predicted octanol–water partition coefficient (Wildman–Crippen LogP) is 9.92. The van der Waals surface area contributed by atoms with Gasteiger partial charge in [-0.15, -0.1) is 0 Å². The summed E-state index contributed by atoms with van der Waals surface area (Å²) in [5.74, 6) is 1.95. The molecule has 0 saturated heterocycles. The normalized spacial score (nSPS) is 11.5. The highest BCUT2D eigenvalue weighted by molar-refractivity contribution is 8.76. The fourth-order valence-corrected chi connectivity index (χ4v) is 7.54. The van der Waals surface area contributed by atoms with Crippen LogP contribution in [0.2, 0.25) is 0 Å². The summed E-state index contributed by atoms with van der Waals surface area (Å²) < 4.78 is 11.1. The number of likely N-dealkylation sites (N-methyl/N-ethyl adjacent to an activating group) is 1. The fraction of sp³-hybridized carbons (Fsp3) is 0.949. The molecular formula is C39H79N3O4S2. The molecular weight excluding hydrogens is 639 g/mol. The van der Waals surface area contributed by atoms with E-state index in [-0.39, 0.29) is 11.9 Å². The SMILES string of the molecule is CCCCCCCCCCCCCCOC(=O)CCN(CCSSCCNCC)CCN(C)CCC(=O)OCCCCCCCCCC. The summed E-state index contributed by atoms with van der Waals surface area (Å²) in [5, 5.41) is 3.37. The molecule has 0 saturated carbocycles. The second-order valence-corrected chi connectivity index (χ2v) is 16.1. The summed E-state index contributed by atoms with van der Waals surface area (Å²) in [6, 6.07) is 0. The molecule has 0 amide bonds. The van der Waals surface area contributed by atoms with Gasteiger partial charge in [-0.1, -0.05) is 158 Å². The number of carbonyl (C=O) groups is 2. The molecule has 0 spiro atoms. The first-order valence-corrected chi connectivity index (χ1v) is 22.7. The highest BCUT2D eigenvalue weighted by Crippen LogP contribution is 2.20. The number of carbonyl (C=O) groups excluding carboxylic acids is 2. The van der Waals surface area contributed by atoms with Gasteiger partial charge in [-0.05, 0) is 26.4 Å². The maximum Gasteiger partial charge on any atom is 0.307 e.